The summed E-state index contributed by atoms with van der Waals surface area (Å²) in [6, 6.07) is 7.73. The van der Waals surface area contributed by atoms with Gasteiger partial charge in [-0.2, -0.15) is 0 Å². The molecule has 0 saturated carbocycles. The summed E-state index contributed by atoms with van der Waals surface area (Å²) in [5, 5.41) is 10.3. The van der Waals surface area contributed by atoms with Crippen LogP contribution in [-0.4, -0.2) is 97.9 Å². The van der Waals surface area contributed by atoms with E-state index in [1.807, 2.05) is 43.0 Å². The highest BCUT2D eigenvalue weighted by Gasteiger charge is 2.22. The SMILES string of the molecule is CCN(CC)C(=O)CN1CCN(CC(O)COCc2ccccc2OC)CC1. The van der Waals surface area contributed by atoms with Crippen LogP contribution in [0.4, 0.5) is 0 Å². The Morgan fingerprint density at radius 3 is 2.43 bits per heavy atom. The first-order valence-corrected chi connectivity index (χ1v) is 10.2. The molecule has 1 aromatic carbocycles. The van der Waals surface area contributed by atoms with Crippen molar-refractivity contribution in [3.63, 3.8) is 0 Å². The second-order valence-electron chi connectivity index (χ2n) is 7.12. The molecule has 0 radical (unpaired) electrons. The molecule has 0 aromatic heterocycles. The molecular weight excluding hydrogens is 358 g/mol. The number of aliphatic hydroxyl groups is 1. The molecule has 0 bridgehead atoms. The maximum absolute atomic E-state index is 12.2. The standard InChI is InChI=1S/C21H35N3O4/c1-4-24(5-2)21(26)15-23-12-10-22(11-13-23)14-19(25)17-28-16-18-8-6-7-9-20(18)27-3/h6-9,19,25H,4-5,10-17H2,1-3H3. The van der Waals surface area contributed by atoms with Crippen molar-refractivity contribution < 1.29 is 19.4 Å². The van der Waals surface area contributed by atoms with Gasteiger partial charge in [0.2, 0.25) is 5.91 Å². The molecule has 1 aromatic rings. The van der Waals surface area contributed by atoms with Crippen molar-refractivity contribution in [2.45, 2.75) is 26.6 Å². The quantitative estimate of drug-likeness (QED) is 0.607. The average Bonchev–Trinajstić information content (AvgIpc) is 2.71. The van der Waals surface area contributed by atoms with Gasteiger partial charge in [-0.05, 0) is 19.9 Å². The van der Waals surface area contributed by atoms with Gasteiger partial charge in [0, 0.05) is 51.4 Å². The maximum atomic E-state index is 12.2. The Kier molecular flexibility index (Phi) is 9.70. The van der Waals surface area contributed by atoms with Crippen LogP contribution >= 0.6 is 0 Å². The fraction of sp³-hybridized carbons (Fsp3) is 0.667. The highest BCUT2D eigenvalue weighted by atomic mass is 16.5. The molecule has 1 aliphatic heterocycles. The number of hydrogen-bond donors (Lipinski definition) is 1. The molecule has 1 aliphatic rings. The van der Waals surface area contributed by atoms with E-state index in [4.69, 9.17) is 9.47 Å². The van der Waals surface area contributed by atoms with Gasteiger partial charge in [0.25, 0.3) is 0 Å². The number of β-amino-alcohol motifs (C(OH)–C–C–N with tert-alkyl or cyclic N) is 1. The molecule has 158 valence electrons. The minimum absolute atomic E-state index is 0.197. The molecule has 1 atom stereocenters. The summed E-state index contributed by atoms with van der Waals surface area (Å²) in [5.74, 6) is 0.996. The Morgan fingerprint density at radius 2 is 1.79 bits per heavy atom. The molecule has 2 rings (SSSR count). The Hall–Kier alpha value is -1.67. The van der Waals surface area contributed by atoms with Crippen LogP contribution in [0, 0.1) is 0 Å². The zero-order valence-corrected chi connectivity index (χ0v) is 17.5. The summed E-state index contributed by atoms with van der Waals surface area (Å²) >= 11 is 0. The van der Waals surface area contributed by atoms with E-state index in [1.54, 1.807) is 7.11 Å². The monoisotopic (exact) mass is 393 g/mol. The Labute approximate surface area is 168 Å². The van der Waals surface area contributed by atoms with Crippen molar-refractivity contribution in [2.75, 3.05) is 66.1 Å². The smallest absolute Gasteiger partial charge is 0.236 e. The van der Waals surface area contributed by atoms with Crippen LogP contribution < -0.4 is 4.74 Å². The van der Waals surface area contributed by atoms with Crippen LogP contribution in [-0.2, 0) is 16.1 Å². The molecule has 0 aliphatic carbocycles. The maximum Gasteiger partial charge on any atom is 0.236 e. The summed E-state index contributed by atoms with van der Waals surface area (Å²) in [6.07, 6.45) is -0.529. The van der Waals surface area contributed by atoms with Crippen molar-refractivity contribution in [2.24, 2.45) is 0 Å². The van der Waals surface area contributed by atoms with Crippen LogP contribution in [0.1, 0.15) is 19.4 Å². The van der Waals surface area contributed by atoms with E-state index in [1.165, 1.54) is 0 Å². The lowest BCUT2D eigenvalue weighted by Crippen LogP contribution is -2.51. The largest absolute Gasteiger partial charge is 0.496 e. The normalized spacial score (nSPS) is 16.7. The van der Waals surface area contributed by atoms with E-state index in [0.29, 0.717) is 26.3 Å². The van der Waals surface area contributed by atoms with Gasteiger partial charge in [-0.25, -0.2) is 0 Å². The van der Waals surface area contributed by atoms with Crippen LogP contribution in [0.25, 0.3) is 0 Å². The number of carbonyl (C=O) groups is 1. The topological polar surface area (TPSA) is 65.5 Å². The third kappa shape index (κ3) is 7.05. The summed E-state index contributed by atoms with van der Waals surface area (Å²) in [5.41, 5.74) is 0.976. The van der Waals surface area contributed by atoms with Gasteiger partial charge in [-0.1, -0.05) is 18.2 Å². The zero-order chi connectivity index (χ0) is 20.4. The number of amides is 1. The van der Waals surface area contributed by atoms with Gasteiger partial charge in [0.1, 0.15) is 5.75 Å². The Morgan fingerprint density at radius 1 is 1.14 bits per heavy atom. The van der Waals surface area contributed by atoms with Gasteiger partial charge in [0.15, 0.2) is 0 Å². The number of piperazine rings is 1. The van der Waals surface area contributed by atoms with E-state index in [0.717, 1.165) is 50.6 Å². The molecule has 1 saturated heterocycles. The average molecular weight is 394 g/mol. The summed E-state index contributed by atoms with van der Waals surface area (Å²) in [4.78, 5) is 18.5. The van der Waals surface area contributed by atoms with Gasteiger partial charge in [0.05, 0.1) is 33.0 Å². The summed E-state index contributed by atoms with van der Waals surface area (Å²) in [7, 11) is 1.64. The first kappa shape index (κ1) is 22.6. The van der Waals surface area contributed by atoms with Crippen LogP contribution in [0.15, 0.2) is 24.3 Å². The first-order chi connectivity index (χ1) is 13.6. The van der Waals surface area contributed by atoms with Crippen molar-refractivity contribution in [1.29, 1.82) is 0 Å². The van der Waals surface area contributed by atoms with Gasteiger partial charge >= 0.3 is 0 Å². The number of hydrogen-bond acceptors (Lipinski definition) is 6. The highest BCUT2D eigenvalue weighted by molar-refractivity contribution is 5.78. The minimum Gasteiger partial charge on any atom is -0.496 e. The molecule has 28 heavy (non-hydrogen) atoms. The second kappa shape index (κ2) is 12.0. The zero-order valence-electron chi connectivity index (χ0n) is 17.5. The molecule has 7 heteroatoms. The summed E-state index contributed by atoms with van der Waals surface area (Å²) < 4.78 is 11.0. The predicted octanol–water partition coefficient (Wildman–Crippen LogP) is 1.06. The van der Waals surface area contributed by atoms with E-state index >= 15 is 0 Å². The number of methoxy groups -OCH3 is 1. The third-order valence-corrected chi connectivity index (χ3v) is 5.17. The molecular formula is C21H35N3O4. The first-order valence-electron chi connectivity index (χ1n) is 10.2. The lowest BCUT2D eigenvalue weighted by atomic mass is 10.2. The van der Waals surface area contributed by atoms with E-state index in [-0.39, 0.29) is 5.91 Å². The van der Waals surface area contributed by atoms with E-state index in [2.05, 4.69) is 9.80 Å². The lowest BCUT2D eigenvalue weighted by molar-refractivity contribution is -0.132. The number of ether oxygens (including phenoxy) is 2. The molecule has 1 fully saturated rings. The predicted molar refractivity (Wildman–Crippen MR) is 109 cm³/mol. The number of nitrogens with zero attached hydrogens (tertiary/aromatic N) is 3. The van der Waals surface area contributed by atoms with Crippen molar-refractivity contribution in [1.82, 2.24) is 14.7 Å². The van der Waals surface area contributed by atoms with Gasteiger partial charge in [-0.15, -0.1) is 0 Å². The molecule has 1 N–H and O–H groups in total. The second-order valence-corrected chi connectivity index (χ2v) is 7.12. The van der Waals surface area contributed by atoms with Crippen LogP contribution in [0.3, 0.4) is 0 Å². The summed E-state index contributed by atoms with van der Waals surface area (Å²) in [6.45, 7) is 10.7. The van der Waals surface area contributed by atoms with Crippen molar-refractivity contribution in [3.05, 3.63) is 29.8 Å². The van der Waals surface area contributed by atoms with Crippen molar-refractivity contribution >= 4 is 5.91 Å². The lowest BCUT2D eigenvalue weighted by Gasteiger charge is -2.36. The van der Waals surface area contributed by atoms with Gasteiger partial charge in [-0.3, -0.25) is 14.6 Å². The van der Waals surface area contributed by atoms with Crippen LogP contribution in [0.2, 0.25) is 0 Å². The minimum atomic E-state index is -0.529. The Balaban J connectivity index is 1.65. The number of para-hydroxylation sites is 1. The number of aliphatic hydroxyl groups excluding tert-OH is 1. The number of likely N-dealkylation sites (N-methyl/N-ethyl adjacent to an activating group) is 1. The fourth-order valence-corrected chi connectivity index (χ4v) is 3.48. The molecule has 7 nitrogen and oxygen atoms in total. The number of rotatable bonds is 11. The number of benzene rings is 1. The van der Waals surface area contributed by atoms with E-state index in [9.17, 15) is 9.90 Å². The molecule has 0 spiro atoms. The third-order valence-electron chi connectivity index (χ3n) is 5.17. The number of carbonyl (C=O) groups excluding carboxylic acids is 1. The molecule has 1 unspecified atom stereocenters. The molecule has 1 amide bonds. The fourth-order valence-electron chi connectivity index (χ4n) is 3.48. The molecule has 1 heterocycles. The van der Waals surface area contributed by atoms with Gasteiger partial charge < -0.3 is 19.5 Å². The van der Waals surface area contributed by atoms with Crippen molar-refractivity contribution in [3.8, 4) is 5.75 Å². The highest BCUT2D eigenvalue weighted by Crippen LogP contribution is 2.18. The van der Waals surface area contributed by atoms with E-state index < -0.39 is 6.10 Å². The Bertz CT molecular complexity index is 587. The van der Waals surface area contributed by atoms with Crippen LogP contribution in [0.5, 0.6) is 5.75 Å².